The minimum absolute atomic E-state index is 0.311. The maximum Gasteiger partial charge on any atom is 0.243 e. The van der Waals surface area contributed by atoms with Gasteiger partial charge in [-0.3, -0.25) is 0 Å². The average Bonchev–Trinajstić information content (AvgIpc) is 2.45. The Bertz CT molecular complexity index is 714. The number of hydrogen-bond acceptors (Lipinski definition) is 4. The Hall–Kier alpha value is -1.24. The quantitative estimate of drug-likeness (QED) is 0.861. The molecular weight excluding hydrogens is 292 g/mol. The molecule has 0 aliphatic carbocycles. The lowest BCUT2D eigenvalue weighted by Crippen LogP contribution is -2.29. The van der Waals surface area contributed by atoms with Gasteiger partial charge < -0.3 is 5.73 Å². The van der Waals surface area contributed by atoms with Crippen LogP contribution in [0.1, 0.15) is 0 Å². The Balaban J connectivity index is 2.55. The number of nitrogens with zero attached hydrogens (tertiary/aromatic N) is 1. The maximum absolute atomic E-state index is 12.6. The Labute approximate surface area is 124 Å². The zero-order chi connectivity index (χ0) is 14.8. The predicted octanol–water partition coefficient (Wildman–Crippen LogP) is 2.41. The van der Waals surface area contributed by atoms with E-state index in [4.69, 9.17) is 5.73 Å². The largest absolute Gasteiger partial charge is 0.398 e. The molecule has 6 heteroatoms. The van der Waals surface area contributed by atoms with Crippen LogP contribution < -0.4 is 5.73 Å². The Kier molecular flexibility index (Phi) is 4.57. The lowest BCUT2D eigenvalue weighted by atomic mass is 10.1. The van der Waals surface area contributed by atoms with Gasteiger partial charge in [-0.05, 0) is 18.4 Å². The van der Waals surface area contributed by atoms with E-state index in [0.29, 0.717) is 22.5 Å². The number of nitrogens with two attached hydrogens (primary N) is 1. The van der Waals surface area contributed by atoms with Gasteiger partial charge >= 0.3 is 0 Å². The fraction of sp³-hybridized carbons (Fsp3) is 0.286. The molecule has 2 aromatic carbocycles. The Morgan fingerprint density at radius 2 is 1.80 bits per heavy atom. The van der Waals surface area contributed by atoms with E-state index < -0.39 is 10.0 Å². The van der Waals surface area contributed by atoms with Gasteiger partial charge in [-0.2, -0.15) is 11.8 Å². The third-order valence-electron chi connectivity index (χ3n) is 3.22. The first kappa shape index (κ1) is 15.2. The van der Waals surface area contributed by atoms with Crippen LogP contribution in [0.25, 0.3) is 10.8 Å². The summed E-state index contributed by atoms with van der Waals surface area (Å²) >= 11 is 1.62. The summed E-state index contributed by atoms with van der Waals surface area (Å²) < 4.78 is 26.7. The van der Waals surface area contributed by atoms with Crippen molar-refractivity contribution in [3.05, 3.63) is 36.4 Å². The highest BCUT2D eigenvalue weighted by molar-refractivity contribution is 7.98. The topological polar surface area (TPSA) is 63.4 Å². The lowest BCUT2D eigenvalue weighted by Gasteiger charge is -2.18. The first-order valence-corrected chi connectivity index (χ1v) is 9.04. The summed E-state index contributed by atoms with van der Waals surface area (Å²) in [6, 6.07) is 10.5. The van der Waals surface area contributed by atoms with E-state index in [0.717, 1.165) is 11.1 Å². The number of fused-ring (bicyclic) bond motifs is 1. The average molecular weight is 310 g/mol. The van der Waals surface area contributed by atoms with Crippen molar-refractivity contribution in [3.63, 3.8) is 0 Å². The third kappa shape index (κ3) is 2.77. The molecule has 0 heterocycles. The van der Waals surface area contributed by atoms with E-state index in [1.165, 1.54) is 4.31 Å². The summed E-state index contributed by atoms with van der Waals surface area (Å²) in [6.07, 6.45) is 1.96. The second-order valence-corrected chi connectivity index (χ2v) is 7.52. The smallest absolute Gasteiger partial charge is 0.243 e. The monoisotopic (exact) mass is 310 g/mol. The van der Waals surface area contributed by atoms with Crippen molar-refractivity contribution in [2.45, 2.75) is 4.90 Å². The van der Waals surface area contributed by atoms with Crippen molar-refractivity contribution in [3.8, 4) is 0 Å². The van der Waals surface area contributed by atoms with Crippen LogP contribution in [0.2, 0.25) is 0 Å². The molecule has 0 bridgehead atoms. The number of nitrogen functional groups attached to an aromatic ring is 1. The Morgan fingerprint density at radius 3 is 2.45 bits per heavy atom. The van der Waals surface area contributed by atoms with E-state index in [1.54, 1.807) is 37.0 Å². The molecule has 108 valence electrons. The first-order chi connectivity index (χ1) is 9.48. The molecule has 0 spiro atoms. The standard InChI is InChI=1S/C14H18N2O2S2/c1-16(9-10-19-2)20(17,18)14-8-7-13(15)11-5-3-4-6-12(11)14/h3-8H,9-10,15H2,1-2H3. The van der Waals surface area contributed by atoms with E-state index >= 15 is 0 Å². The van der Waals surface area contributed by atoms with Crippen molar-refractivity contribution >= 4 is 38.2 Å². The molecule has 0 aliphatic rings. The minimum Gasteiger partial charge on any atom is -0.398 e. The number of sulfonamides is 1. The van der Waals surface area contributed by atoms with Crippen LogP contribution in [-0.2, 0) is 10.0 Å². The zero-order valence-corrected chi connectivity index (χ0v) is 13.2. The molecule has 0 atom stereocenters. The lowest BCUT2D eigenvalue weighted by molar-refractivity contribution is 0.489. The second-order valence-electron chi connectivity index (χ2n) is 4.52. The van der Waals surface area contributed by atoms with Gasteiger partial charge in [0, 0.05) is 35.8 Å². The normalized spacial score (nSPS) is 12.2. The van der Waals surface area contributed by atoms with Crippen molar-refractivity contribution in [1.29, 1.82) is 0 Å². The molecule has 20 heavy (non-hydrogen) atoms. The zero-order valence-electron chi connectivity index (χ0n) is 11.5. The predicted molar refractivity (Wildman–Crippen MR) is 86.6 cm³/mol. The van der Waals surface area contributed by atoms with Gasteiger partial charge in [0.2, 0.25) is 10.0 Å². The number of hydrogen-bond donors (Lipinski definition) is 1. The van der Waals surface area contributed by atoms with Crippen LogP contribution in [0, 0.1) is 0 Å². The summed E-state index contributed by atoms with van der Waals surface area (Å²) in [4.78, 5) is 0.311. The van der Waals surface area contributed by atoms with E-state index in [9.17, 15) is 8.42 Å². The van der Waals surface area contributed by atoms with Gasteiger partial charge in [0.15, 0.2) is 0 Å². The van der Waals surface area contributed by atoms with Gasteiger partial charge in [0.05, 0.1) is 4.90 Å². The molecule has 0 fully saturated rings. The van der Waals surface area contributed by atoms with Gasteiger partial charge in [0.1, 0.15) is 0 Å². The van der Waals surface area contributed by atoms with E-state index in [-0.39, 0.29) is 0 Å². The molecule has 2 aromatic rings. The molecule has 0 saturated heterocycles. The summed E-state index contributed by atoms with van der Waals surface area (Å²) in [5, 5.41) is 1.44. The maximum atomic E-state index is 12.6. The molecule has 2 rings (SSSR count). The van der Waals surface area contributed by atoms with Crippen molar-refractivity contribution in [1.82, 2.24) is 4.31 Å². The van der Waals surface area contributed by atoms with E-state index in [1.807, 2.05) is 24.5 Å². The van der Waals surface area contributed by atoms with Gasteiger partial charge in [0.25, 0.3) is 0 Å². The van der Waals surface area contributed by atoms with Gasteiger partial charge in [-0.15, -0.1) is 0 Å². The van der Waals surface area contributed by atoms with Crippen molar-refractivity contribution < 1.29 is 8.42 Å². The minimum atomic E-state index is -3.49. The molecule has 2 N–H and O–H groups in total. The summed E-state index contributed by atoms with van der Waals surface area (Å²) in [7, 11) is -1.88. The van der Waals surface area contributed by atoms with Crippen LogP contribution in [0.4, 0.5) is 5.69 Å². The molecule has 0 unspecified atom stereocenters. The number of thioether (sulfide) groups is 1. The van der Waals surface area contributed by atoms with Crippen LogP contribution in [0.15, 0.2) is 41.3 Å². The summed E-state index contributed by atoms with van der Waals surface area (Å²) in [5.41, 5.74) is 6.50. The highest BCUT2D eigenvalue weighted by Crippen LogP contribution is 2.29. The molecular formula is C14H18N2O2S2. The molecule has 0 radical (unpaired) electrons. The molecule has 4 nitrogen and oxygen atoms in total. The molecule has 0 aromatic heterocycles. The summed E-state index contributed by atoms with van der Waals surface area (Å²) in [5.74, 6) is 0.767. The SMILES string of the molecule is CSCCN(C)S(=O)(=O)c1ccc(N)c2ccccc12. The summed E-state index contributed by atoms with van der Waals surface area (Å²) in [6.45, 7) is 0.488. The van der Waals surface area contributed by atoms with Crippen LogP contribution in [-0.4, -0.2) is 38.3 Å². The highest BCUT2D eigenvalue weighted by Gasteiger charge is 2.22. The number of benzene rings is 2. The fourth-order valence-electron chi connectivity index (χ4n) is 2.03. The van der Waals surface area contributed by atoms with Crippen LogP contribution >= 0.6 is 11.8 Å². The first-order valence-electron chi connectivity index (χ1n) is 6.21. The van der Waals surface area contributed by atoms with Crippen LogP contribution in [0.5, 0.6) is 0 Å². The fourth-order valence-corrected chi connectivity index (χ4v) is 3.96. The third-order valence-corrected chi connectivity index (χ3v) is 5.72. The Morgan fingerprint density at radius 1 is 1.15 bits per heavy atom. The molecule has 0 amide bonds. The van der Waals surface area contributed by atoms with Crippen molar-refractivity contribution in [2.24, 2.45) is 0 Å². The second kappa shape index (κ2) is 6.03. The molecule has 0 aliphatic heterocycles. The number of anilines is 1. The highest BCUT2D eigenvalue weighted by atomic mass is 32.2. The number of rotatable bonds is 5. The van der Waals surface area contributed by atoms with Gasteiger partial charge in [-0.25, -0.2) is 12.7 Å². The van der Waals surface area contributed by atoms with E-state index in [2.05, 4.69) is 0 Å². The van der Waals surface area contributed by atoms with Gasteiger partial charge in [-0.1, -0.05) is 24.3 Å². The van der Waals surface area contributed by atoms with Crippen molar-refractivity contribution in [2.75, 3.05) is 31.3 Å². The van der Waals surface area contributed by atoms with Crippen LogP contribution in [0.3, 0.4) is 0 Å². The molecule has 0 saturated carbocycles.